The van der Waals surface area contributed by atoms with Crippen LogP contribution >= 0.6 is 15.9 Å². The van der Waals surface area contributed by atoms with Crippen molar-refractivity contribution in [1.29, 1.82) is 5.26 Å². The van der Waals surface area contributed by atoms with Crippen LogP contribution in [-0.2, 0) is 26.3 Å². The van der Waals surface area contributed by atoms with Gasteiger partial charge >= 0.3 is 0 Å². The molecular formula is C38H42BrN5O6. The topological polar surface area (TPSA) is 144 Å². The number of nitrogens with zero attached hydrogens (tertiary/aromatic N) is 3. The highest BCUT2D eigenvalue weighted by molar-refractivity contribution is 9.10. The van der Waals surface area contributed by atoms with E-state index in [4.69, 9.17) is 18.9 Å². The number of carbonyl (C=O) groups excluding carboxylic acids is 2. The van der Waals surface area contributed by atoms with E-state index < -0.39 is 12.5 Å². The number of hydrogen-bond donors (Lipinski definition) is 2. The van der Waals surface area contributed by atoms with Crippen LogP contribution < -0.4 is 25.0 Å². The number of ether oxygens (including phenoxy) is 4. The zero-order valence-corrected chi connectivity index (χ0v) is 30.2. The number of rotatable bonds is 14. The van der Waals surface area contributed by atoms with E-state index in [2.05, 4.69) is 55.0 Å². The number of pyridine rings is 1. The first kappa shape index (κ1) is 35.4. The minimum Gasteiger partial charge on any atom is -0.490 e. The van der Waals surface area contributed by atoms with Crippen molar-refractivity contribution in [3.8, 4) is 23.4 Å². The number of methoxy groups -OCH3 is 1. The van der Waals surface area contributed by atoms with E-state index in [-0.39, 0.29) is 30.6 Å². The summed E-state index contributed by atoms with van der Waals surface area (Å²) in [5, 5.41) is 16.6. The summed E-state index contributed by atoms with van der Waals surface area (Å²) in [6.07, 6.45) is 9.61. The summed E-state index contributed by atoms with van der Waals surface area (Å²) in [4.78, 5) is 29.5. The second kappa shape index (κ2) is 15.6. The maximum absolute atomic E-state index is 12.8. The van der Waals surface area contributed by atoms with Crippen molar-refractivity contribution in [3.63, 3.8) is 0 Å². The predicted octanol–water partition coefficient (Wildman–Crippen LogP) is 6.58. The molecule has 50 heavy (non-hydrogen) atoms. The van der Waals surface area contributed by atoms with E-state index in [0.717, 1.165) is 23.4 Å². The van der Waals surface area contributed by atoms with Crippen LogP contribution in [0.25, 0.3) is 0 Å². The molecule has 0 atom stereocenters. The molecule has 4 saturated carbocycles. The Balaban J connectivity index is 0.998. The molecule has 0 radical (unpaired) electrons. The molecule has 4 aliphatic carbocycles. The molecule has 4 fully saturated rings. The van der Waals surface area contributed by atoms with Crippen LogP contribution in [0.2, 0.25) is 0 Å². The standard InChI is InChI=1S/C38H42BrN5O6/c1-4-48-33-14-24(19-41-44-35(46)22-50-37-30(18-40)31(20-47-3)36(39)23(2)42-37)5-10-32(33)49-21-34(45)43-29-8-6-28(7-9-29)38-15-25-11-26(16-38)13-27(12-25)17-38/h5-10,14,19,25-27H,4,11-13,15-17,20-22H2,1-3H3,(H,43,45)(H,44,46)/b41-19+. The van der Waals surface area contributed by atoms with Crippen LogP contribution in [0.1, 0.15) is 73.4 Å². The molecule has 3 aromatic rings. The molecule has 0 spiro atoms. The Bertz CT molecular complexity index is 1770. The lowest BCUT2D eigenvalue weighted by atomic mass is 9.48. The summed E-state index contributed by atoms with van der Waals surface area (Å²) in [5.74, 6) is 2.72. The average Bonchev–Trinajstić information content (AvgIpc) is 3.09. The summed E-state index contributed by atoms with van der Waals surface area (Å²) >= 11 is 3.43. The zero-order chi connectivity index (χ0) is 35.3. The highest BCUT2D eigenvalue weighted by Gasteiger charge is 2.51. The first-order valence-corrected chi connectivity index (χ1v) is 17.8. The van der Waals surface area contributed by atoms with Gasteiger partial charge in [-0.15, -0.1) is 0 Å². The lowest BCUT2D eigenvalue weighted by molar-refractivity contribution is -0.123. The number of hydrazone groups is 1. The number of aryl methyl sites for hydroxylation is 1. The van der Waals surface area contributed by atoms with Crippen LogP contribution in [0.3, 0.4) is 0 Å². The number of halogens is 1. The Hall–Kier alpha value is -4.47. The third-order valence-electron chi connectivity index (χ3n) is 9.96. The first-order valence-electron chi connectivity index (χ1n) is 17.0. The number of carbonyl (C=O) groups is 2. The summed E-state index contributed by atoms with van der Waals surface area (Å²) in [7, 11) is 1.52. The summed E-state index contributed by atoms with van der Waals surface area (Å²) in [6, 6.07) is 15.6. The van der Waals surface area contributed by atoms with Crippen molar-refractivity contribution in [1.82, 2.24) is 10.4 Å². The van der Waals surface area contributed by atoms with Gasteiger partial charge in [0.1, 0.15) is 11.6 Å². The van der Waals surface area contributed by atoms with Crippen LogP contribution in [0.5, 0.6) is 17.4 Å². The number of nitriles is 1. The normalized spacial score (nSPS) is 21.9. The fraction of sp³-hybridized carbons (Fsp3) is 0.447. The molecule has 262 valence electrons. The molecule has 2 aromatic carbocycles. The van der Waals surface area contributed by atoms with Gasteiger partial charge in [-0.3, -0.25) is 9.59 Å². The van der Waals surface area contributed by atoms with Gasteiger partial charge in [-0.25, -0.2) is 10.4 Å². The quantitative estimate of drug-likeness (QED) is 0.139. The van der Waals surface area contributed by atoms with Gasteiger partial charge in [0.05, 0.1) is 25.1 Å². The molecule has 0 saturated heterocycles. The molecule has 4 aliphatic rings. The molecule has 12 heteroatoms. The highest BCUT2D eigenvalue weighted by Crippen LogP contribution is 2.60. The Morgan fingerprint density at radius 2 is 1.68 bits per heavy atom. The van der Waals surface area contributed by atoms with Gasteiger partial charge in [0.25, 0.3) is 11.8 Å². The van der Waals surface area contributed by atoms with Crippen molar-refractivity contribution < 1.29 is 28.5 Å². The van der Waals surface area contributed by atoms with Crippen molar-refractivity contribution in [3.05, 3.63) is 74.9 Å². The Kier molecular flexibility index (Phi) is 11.0. The Morgan fingerprint density at radius 1 is 1.00 bits per heavy atom. The fourth-order valence-corrected chi connectivity index (χ4v) is 8.66. The SMILES string of the molecule is CCOc1cc(/C=N/NC(=O)COc2nc(C)c(Br)c(COC)c2C#N)ccc1OCC(=O)Nc1ccc(C23CC4CC(CC(C4)C2)C3)cc1. The monoisotopic (exact) mass is 743 g/mol. The van der Waals surface area contributed by atoms with Crippen molar-refractivity contribution in [2.45, 2.75) is 64.4 Å². The maximum Gasteiger partial charge on any atom is 0.278 e. The third kappa shape index (κ3) is 7.95. The molecular weight excluding hydrogens is 702 g/mol. The predicted molar refractivity (Wildman–Crippen MR) is 191 cm³/mol. The average molecular weight is 745 g/mol. The fourth-order valence-electron chi connectivity index (χ4n) is 8.26. The van der Waals surface area contributed by atoms with E-state index in [0.29, 0.717) is 44.8 Å². The third-order valence-corrected chi connectivity index (χ3v) is 11.0. The van der Waals surface area contributed by atoms with E-state index in [1.54, 1.807) is 25.1 Å². The largest absolute Gasteiger partial charge is 0.490 e. The number of benzene rings is 2. The maximum atomic E-state index is 12.8. The minimum atomic E-state index is -0.542. The van der Waals surface area contributed by atoms with Crippen LogP contribution in [-0.4, -0.2) is 49.9 Å². The van der Waals surface area contributed by atoms with Gasteiger partial charge in [-0.1, -0.05) is 12.1 Å². The van der Waals surface area contributed by atoms with Gasteiger partial charge in [0.2, 0.25) is 5.88 Å². The summed E-state index contributed by atoms with van der Waals surface area (Å²) < 4.78 is 23.0. The van der Waals surface area contributed by atoms with E-state index >= 15 is 0 Å². The molecule has 11 nitrogen and oxygen atoms in total. The molecule has 1 aromatic heterocycles. The number of nitrogens with one attached hydrogen (secondary N) is 2. The van der Waals surface area contributed by atoms with Crippen molar-refractivity contribution in [2.24, 2.45) is 22.9 Å². The van der Waals surface area contributed by atoms with Gasteiger partial charge < -0.3 is 24.3 Å². The van der Waals surface area contributed by atoms with Gasteiger partial charge in [0.15, 0.2) is 24.7 Å². The van der Waals surface area contributed by atoms with Crippen LogP contribution in [0, 0.1) is 36.0 Å². The number of hydrogen-bond acceptors (Lipinski definition) is 9. The number of anilines is 1. The molecule has 0 unspecified atom stereocenters. The van der Waals surface area contributed by atoms with Gasteiger partial charge in [-0.2, -0.15) is 10.4 Å². The van der Waals surface area contributed by atoms with E-state index in [9.17, 15) is 14.9 Å². The van der Waals surface area contributed by atoms with Crippen LogP contribution in [0.4, 0.5) is 5.69 Å². The van der Waals surface area contributed by atoms with Crippen molar-refractivity contribution in [2.75, 3.05) is 32.2 Å². The summed E-state index contributed by atoms with van der Waals surface area (Å²) in [6.45, 7) is 3.57. The smallest absolute Gasteiger partial charge is 0.278 e. The molecule has 7 rings (SSSR count). The molecule has 4 bridgehead atoms. The zero-order valence-electron chi connectivity index (χ0n) is 28.6. The van der Waals surface area contributed by atoms with E-state index in [1.807, 2.05) is 19.1 Å². The second-order valence-electron chi connectivity index (χ2n) is 13.5. The Labute approximate surface area is 300 Å². The van der Waals surface area contributed by atoms with Gasteiger partial charge in [-0.05, 0) is 133 Å². The summed E-state index contributed by atoms with van der Waals surface area (Å²) in [5.41, 5.74) is 6.90. The lowest BCUT2D eigenvalue weighted by Gasteiger charge is -2.57. The van der Waals surface area contributed by atoms with Crippen LogP contribution in [0.15, 0.2) is 52.0 Å². The Morgan fingerprint density at radius 3 is 2.32 bits per heavy atom. The van der Waals surface area contributed by atoms with Crippen molar-refractivity contribution >= 4 is 39.6 Å². The second-order valence-corrected chi connectivity index (χ2v) is 14.3. The minimum absolute atomic E-state index is 0.0374. The molecule has 2 N–H and O–H groups in total. The molecule has 0 aliphatic heterocycles. The van der Waals surface area contributed by atoms with E-state index in [1.165, 1.54) is 57.4 Å². The first-order chi connectivity index (χ1) is 24.2. The number of amides is 2. The molecule has 1 heterocycles. The highest BCUT2D eigenvalue weighted by atomic mass is 79.9. The number of aromatic nitrogens is 1. The molecule has 2 amide bonds. The van der Waals surface area contributed by atoms with Gasteiger partial charge in [0, 0.05) is 22.8 Å². The lowest BCUT2D eigenvalue weighted by Crippen LogP contribution is -2.48.